The Morgan fingerprint density at radius 3 is 2.33 bits per heavy atom. The average Bonchev–Trinajstić information content (AvgIpc) is 3.25. The summed E-state index contributed by atoms with van der Waals surface area (Å²) < 4.78 is 15.0. The van der Waals surface area contributed by atoms with Crippen molar-refractivity contribution < 1.29 is 9.18 Å². The number of hydrogen-bond donors (Lipinski definition) is 0. The van der Waals surface area contributed by atoms with E-state index in [4.69, 9.17) is 0 Å². The highest BCUT2D eigenvalue weighted by Crippen LogP contribution is 2.25. The minimum Gasteiger partial charge on any atom is -0.333 e. The molecule has 1 aromatic heterocycles. The smallest absolute Gasteiger partial charge is 0.272 e. The maximum Gasteiger partial charge on any atom is 0.272 e. The van der Waals surface area contributed by atoms with Gasteiger partial charge >= 0.3 is 0 Å². The minimum absolute atomic E-state index is 0.0609. The van der Waals surface area contributed by atoms with E-state index in [1.165, 1.54) is 23.3 Å². The fraction of sp³-hybridized carbons (Fsp3) is 0.120. The number of amides is 1. The Morgan fingerprint density at radius 1 is 0.867 bits per heavy atom. The monoisotopic (exact) mass is 397 g/mol. The van der Waals surface area contributed by atoms with Crippen molar-refractivity contribution in [3.05, 3.63) is 108 Å². The normalized spacial score (nSPS) is 13.2. The van der Waals surface area contributed by atoms with Crippen molar-refractivity contribution in [2.75, 3.05) is 6.54 Å². The van der Waals surface area contributed by atoms with E-state index in [0.717, 1.165) is 17.7 Å². The van der Waals surface area contributed by atoms with Crippen molar-refractivity contribution >= 4 is 5.91 Å². The van der Waals surface area contributed by atoms with Crippen LogP contribution in [0.3, 0.4) is 0 Å². The van der Waals surface area contributed by atoms with Gasteiger partial charge in [0.05, 0.1) is 11.4 Å². The van der Waals surface area contributed by atoms with E-state index in [0.29, 0.717) is 24.5 Å². The molecule has 148 valence electrons. The van der Waals surface area contributed by atoms with Crippen molar-refractivity contribution in [1.29, 1.82) is 0 Å². The second-order valence-corrected chi connectivity index (χ2v) is 7.41. The molecule has 0 saturated heterocycles. The molecule has 0 fully saturated rings. The molecule has 0 unspecified atom stereocenters. The molecular weight excluding hydrogens is 377 g/mol. The van der Waals surface area contributed by atoms with Crippen LogP contribution in [0.1, 0.15) is 21.6 Å². The lowest BCUT2D eigenvalue weighted by molar-refractivity contribution is 0.0725. The van der Waals surface area contributed by atoms with Gasteiger partial charge in [-0.3, -0.25) is 4.79 Å². The molecule has 4 aromatic rings. The molecule has 0 bridgehead atoms. The number of aromatic nitrogens is 2. The lowest BCUT2D eigenvalue weighted by Gasteiger charge is -2.29. The van der Waals surface area contributed by atoms with E-state index in [1.54, 1.807) is 22.9 Å². The number of fused-ring (bicyclic) bond motifs is 1. The third-order valence-electron chi connectivity index (χ3n) is 5.49. The zero-order valence-electron chi connectivity index (χ0n) is 16.3. The largest absolute Gasteiger partial charge is 0.333 e. The first-order valence-electron chi connectivity index (χ1n) is 9.96. The summed E-state index contributed by atoms with van der Waals surface area (Å²) in [6.07, 6.45) is 0.839. The van der Waals surface area contributed by atoms with Crippen molar-refractivity contribution in [1.82, 2.24) is 14.7 Å². The van der Waals surface area contributed by atoms with Crippen LogP contribution in [0.2, 0.25) is 0 Å². The molecule has 30 heavy (non-hydrogen) atoms. The number of nitrogens with zero attached hydrogens (tertiary/aromatic N) is 3. The summed E-state index contributed by atoms with van der Waals surface area (Å²) in [6.45, 7) is 1.25. The number of benzene rings is 3. The Morgan fingerprint density at radius 2 is 1.57 bits per heavy atom. The second-order valence-electron chi connectivity index (χ2n) is 7.41. The highest BCUT2D eigenvalue weighted by Gasteiger charge is 2.26. The molecular formula is C25H20FN3O. The Bertz CT molecular complexity index is 1200. The Balaban J connectivity index is 1.55. The molecule has 2 heterocycles. The van der Waals surface area contributed by atoms with Crippen LogP contribution in [0, 0.1) is 5.82 Å². The van der Waals surface area contributed by atoms with Crippen LogP contribution in [-0.2, 0) is 13.0 Å². The summed E-state index contributed by atoms with van der Waals surface area (Å²) in [4.78, 5) is 15.4. The van der Waals surface area contributed by atoms with E-state index in [-0.39, 0.29) is 11.7 Å². The summed E-state index contributed by atoms with van der Waals surface area (Å²) in [5, 5.41) is 4.69. The fourth-order valence-electron chi connectivity index (χ4n) is 3.89. The van der Waals surface area contributed by atoms with Crippen molar-refractivity contribution in [3.8, 4) is 16.9 Å². The summed E-state index contributed by atoms with van der Waals surface area (Å²) >= 11 is 0. The molecule has 4 nitrogen and oxygen atoms in total. The van der Waals surface area contributed by atoms with Crippen molar-refractivity contribution in [3.63, 3.8) is 0 Å². The van der Waals surface area contributed by atoms with Crippen LogP contribution < -0.4 is 0 Å². The van der Waals surface area contributed by atoms with Gasteiger partial charge in [0.25, 0.3) is 5.91 Å². The van der Waals surface area contributed by atoms with Gasteiger partial charge in [0, 0.05) is 18.7 Å². The first kappa shape index (κ1) is 18.3. The average molecular weight is 397 g/mol. The first-order valence-corrected chi connectivity index (χ1v) is 9.96. The Kier molecular flexibility index (Phi) is 4.64. The molecule has 5 heteroatoms. The lowest BCUT2D eigenvalue weighted by Crippen LogP contribution is -2.36. The van der Waals surface area contributed by atoms with Gasteiger partial charge in [-0.2, -0.15) is 5.10 Å². The SMILES string of the molecule is O=C(c1cc(-c2ccc(F)cc2)nn1-c1ccccc1)N1CCc2ccccc2C1. The van der Waals surface area contributed by atoms with Crippen LogP contribution in [0.15, 0.2) is 84.9 Å². The molecule has 1 amide bonds. The third-order valence-corrected chi connectivity index (χ3v) is 5.49. The van der Waals surface area contributed by atoms with Gasteiger partial charge in [0.1, 0.15) is 11.5 Å². The molecule has 0 saturated carbocycles. The molecule has 1 aliphatic rings. The van der Waals surface area contributed by atoms with E-state index in [2.05, 4.69) is 17.2 Å². The second kappa shape index (κ2) is 7.59. The minimum atomic E-state index is -0.301. The topological polar surface area (TPSA) is 38.1 Å². The van der Waals surface area contributed by atoms with Gasteiger partial charge in [0.15, 0.2) is 0 Å². The van der Waals surface area contributed by atoms with Crippen LogP contribution in [0.25, 0.3) is 16.9 Å². The Hall–Kier alpha value is -3.73. The van der Waals surface area contributed by atoms with Crippen LogP contribution in [-0.4, -0.2) is 27.1 Å². The predicted molar refractivity (Wildman–Crippen MR) is 114 cm³/mol. The number of halogens is 1. The number of para-hydroxylation sites is 1. The summed E-state index contributed by atoms with van der Waals surface area (Å²) in [7, 11) is 0. The van der Waals surface area contributed by atoms with E-state index < -0.39 is 0 Å². The van der Waals surface area contributed by atoms with Crippen LogP contribution in [0.4, 0.5) is 4.39 Å². The zero-order valence-corrected chi connectivity index (χ0v) is 16.3. The first-order chi connectivity index (χ1) is 14.7. The standard InChI is InChI=1S/C25H20FN3O/c26-21-12-10-19(11-13-21)23-16-24(29(27-23)22-8-2-1-3-9-22)25(30)28-15-14-18-6-4-5-7-20(18)17-28/h1-13,16H,14-15,17H2. The number of hydrogen-bond acceptors (Lipinski definition) is 2. The number of carbonyl (C=O) groups excluding carboxylic acids is 1. The van der Waals surface area contributed by atoms with Gasteiger partial charge in [-0.25, -0.2) is 9.07 Å². The van der Waals surface area contributed by atoms with E-state index in [9.17, 15) is 9.18 Å². The maximum absolute atomic E-state index is 13.5. The van der Waals surface area contributed by atoms with Gasteiger partial charge < -0.3 is 4.90 Å². The van der Waals surface area contributed by atoms with Gasteiger partial charge in [-0.05, 0) is 60.0 Å². The molecule has 0 aliphatic carbocycles. The summed E-state index contributed by atoms with van der Waals surface area (Å²) in [5.41, 5.74) is 5.20. The molecule has 1 aliphatic heterocycles. The third kappa shape index (κ3) is 3.39. The number of rotatable bonds is 3. The lowest BCUT2D eigenvalue weighted by atomic mass is 9.99. The van der Waals surface area contributed by atoms with Gasteiger partial charge in [0.2, 0.25) is 0 Å². The summed E-state index contributed by atoms with van der Waals surface area (Å²) in [6, 6.07) is 25.8. The maximum atomic E-state index is 13.5. The Labute approximate surface area is 174 Å². The van der Waals surface area contributed by atoms with Crippen LogP contribution in [0.5, 0.6) is 0 Å². The van der Waals surface area contributed by atoms with Crippen molar-refractivity contribution in [2.45, 2.75) is 13.0 Å². The van der Waals surface area contributed by atoms with E-state index in [1.807, 2.05) is 47.4 Å². The van der Waals surface area contributed by atoms with E-state index >= 15 is 0 Å². The molecule has 0 spiro atoms. The molecule has 0 N–H and O–H groups in total. The molecule has 0 atom stereocenters. The fourth-order valence-corrected chi connectivity index (χ4v) is 3.89. The zero-order chi connectivity index (χ0) is 20.5. The quantitative estimate of drug-likeness (QED) is 0.494. The molecule has 0 radical (unpaired) electrons. The molecule has 5 rings (SSSR count). The molecule has 3 aromatic carbocycles. The highest BCUT2D eigenvalue weighted by molar-refractivity contribution is 5.94. The highest BCUT2D eigenvalue weighted by atomic mass is 19.1. The predicted octanol–water partition coefficient (Wildman–Crippen LogP) is 4.88. The van der Waals surface area contributed by atoms with Crippen molar-refractivity contribution in [2.24, 2.45) is 0 Å². The van der Waals surface area contributed by atoms with Gasteiger partial charge in [-0.1, -0.05) is 42.5 Å². The van der Waals surface area contributed by atoms with Gasteiger partial charge in [-0.15, -0.1) is 0 Å². The number of carbonyl (C=O) groups is 1. The summed E-state index contributed by atoms with van der Waals surface area (Å²) in [5.74, 6) is -0.362. The van der Waals surface area contributed by atoms with Crippen LogP contribution >= 0.6 is 0 Å².